The van der Waals surface area contributed by atoms with Crippen molar-refractivity contribution in [1.29, 1.82) is 0 Å². The van der Waals surface area contributed by atoms with Crippen LogP contribution in [-0.4, -0.2) is 19.4 Å². The molecule has 0 fully saturated rings. The van der Waals surface area contributed by atoms with Crippen molar-refractivity contribution in [3.63, 3.8) is 0 Å². The SMILES string of the molecule is Nc1cc(-c2c[nH]c3ncc(F)cc23)c2nccn2c1. The molecule has 0 aliphatic heterocycles. The largest absolute Gasteiger partial charge is 0.398 e. The van der Waals surface area contributed by atoms with Gasteiger partial charge in [0.15, 0.2) is 0 Å². The van der Waals surface area contributed by atoms with Crippen molar-refractivity contribution in [1.82, 2.24) is 19.4 Å². The molecule has 0 saturated heterocycles. The summed E-state index contributed by atoms with van der Waals surface area (Å²) in [5, 5.41) is 0.709. The van der Waals surface area contributed by atoms with Gasteiger partial charge in [0, 0.05) is 47.0 Å². The molecule has 4 aromatic heterocycles. The van der Waals surface area contributed by atoms with E-state index in [1.54, 1.807) is 18.6 Å². The summed E-state index contributed by atoms with van der Waals surface area (Å²) >= 11 is 0. The lowest BCUT2D eigenvalue weighted by Gasteiger charge is -2.05. The van der Waals surface area contributed by atoms with Crippen LogP contribution in [0.3, 0.4) is 0 Å². The quantitative estimate of drug-likeness (QED) is 0.557. The van der Waals surface area contributed by atoms with E-state index in [0.29, 0.717) is 16.7 Å². The second kappa shape index (κ2) is 3.80. The van der Waals surface area contributed by atoms with Crippen LogP contribution in [0, 0.1) is 5.82 Å². The molecule has 0 amide bonds. The summed E-state index contributed by atoms with van der Waals surface area (Å²) in [5.41, 5.74) is 9.60. The lowest BCUT2D eigenvalue weighted by Crippen LogP contribution is -1.93. The van der Waals surface area contributed by atoms with Gasteiger partial charge in [0.05, 0.1) is 6.20 Å². The Morgan fingerprint density at radius 1 is 1.20 bits per heavy atom. The van der Waals surface area contributed by atoms with E-state index in [0.717, 1.165) is 16.8 Å². The van der Waals surface area contributed by atoms with Crippen LogP contribution in [-0.2, 0) is 0 Å². The highest BCUT2D eigenvalue weighted by molar-refractivity contribution is 5.97. The molecule has 4 rings (SSSR count). The highest BCUT2D eigenvalue weighted by Crippen LogP contribution is 2.31. The Morgan fingerprint density at radius 2 is 2.10 bits per heavy atom. The van der Waals surface area contributed by atoms with Gasteiger partial charge in [-0.1, -0.05) is 0 Å². The Kier molecular flexibility index (Phi) is 2.09. The van der Waals surface area contributed by atoms with Crippen molar-refractivity contribution in [2.24, 2.45) is 0 Å². The van der Waals surface area contributed by atoms with Gasteiger partial charge in [-0.25, -0.2) is 14.4 Å². The highest BCUT2D eigenvalue weighted by atomic mass is 19.1. The molecular formula is C14H10FN5. The molecule has 0 aliphatic rings. The molecule has 0 bridgehead atoms. The number of H-pyrrole nitrogens is 1. The molecule has 0 saturated carbocycles. The Balaban J connectivity index is 2.10. The zero-order valence-electron chi connectivity index (χ0n) is 10.3. The maximum Gasteiger partial charge on any atom is 0.144 e. The number of imidazole rings is 1. The molecule has 0 aliphatic carbocycles. The minimum absolute atomic E-state index is 0.374. The van der Waals surface area contributed by atoms with Gasteiger partial charge in [0.1, 0.15) is 17.1 Å². The summed E-state index contributed by atoms with van der Waals surface area (Å²) in [6.45, 7) is 0. The number of nitrogens with two attached hydrogens (primary N) is 1. The Morgan fingerprint density at radius 3 is 3.00 bits per heavy atom. The maximum absolute atomic E-state index is 13.4. The fourth-order valence-corrected chi connectivity index (χ4v) is 2.45. The third kappa shape index (κ3) is 1.48. The number of nitrogens with one attached hydrogen (secondary N) is 1. The van der Waals surface area contributed by atoms with Crippen LogP contribution in [0.15, 0.2) is 43.1 Å². The smallest absolute Gasteiger partial charge is 0.144 e. The number of hydrogen-bond donors (Lipinski definition) is 2. The normalized spacial score (nSPS) is 11.4. The van der Waals surface area contributed by atoms with Crippen LogP contribution in [0.2, 0.25) is 0 Å². The lowest BCUT2D eigenvalue weighted by atomic mass is 10.1. The molecule has 4 aromatic rings. The summed E-state index contributed by atoms with van der Waals surface area (Å²) in [7, 11) is 0. The predicted molar refractivity (Wildman–Crippen MR) is 74.7 cm³/mol. The average Bonchev–Trinajstić information content (AvgIpc) is 3.03. The van der Waals surface area contributed by atoms with E-state index >= 15 is 0 Å². The van der Waals surface area contributed by atoms with Crippen LogP contribution < -0.4 is 5.73 Å². The Bertz CT molecular complexity index is 937. The molecule has 0 unspecified atom stereocenters. The van der Waals surface area contributed by atoms with E-state index < -0.39 is 0 Å². The van der Waals surface area contributed by atoms with Crippen LogP contribution >= 0.6 is 0 Å². The Hall–Kier alpha value is -2.89. The van der Waals surface area contributed by atoms with Crippen molar-refractivity contribution >= 4 is 22.4 Å². The molecule has 0 radical (unpaired) electrons. The number of pyridine rings is 2. The average molecular weight is 267 g/mol. The molecule has 20 heavy (non-hydrogen) atoms. The van der Waals surface area contributed by atoms with Gasteiger partial charge in [-0.15, -0.1) is 0 Å². The molecular weight excluding hydrogens is 257 g/mol. The molecule has 5 nitrogen and oxygen atoms in total. The summed E-state index contributed by atoms with van der Waals surface area (Å²) in [6, 6.07) is 3.28. The van der Waals surface area contributed by atoms with Gasteiger partial charge in [-0.2, -0.15) is 0 Å². The molecule has 4 heterocycles. The molecule has 0 atom stereocenters. The molecule has 0 spiro atoms. The van der Waals surface area contributed by atoms with Gasteiger partial charge in [-0.05, 0) is 12.1 Å². The van der Waals surface area contributed by atoms with E-state index in [-0.39, 0.29) is 5.82 Å². The second-order valence-electron chi connectivity index (χ2n) is 4.60. The first kappa shape index (κ1) is 11.0. The number of aromatic amines is 1. The number of nitrogen functional groups attached to an aromatic ring is 1. The van der Waals surface area contributed by atoms with Crippen LogP contribution in [0.25, 0.3) is 27.8 Å². The zero-order chi connectivity index (χ0) is 13.7. The van der Waals surface area contributed by atoms with Crippen molar-refractivity contribution in [2.75, 3.05) is 5.73 Å². The predicted octanol–water partition coefficient (Wildman–Crippen LogP) is 2.60. The monoisotopic (exact) mass is 267 g/mol. The summed E-state index contributed by atoms with van der Waals surface area (Å²) in [5.74, 6) is -0.374. The van der Waals surface area contributed by atoms with Crippen LogP contribution in [0.1, 0.15) is 0 Å². The fourth-order valence-electron chi connectivity index (χ4n) is 2.45. The van der Waals surface area contributed by atoms with Gasteiger partial charge in [-0.3, -0.25) is 0 Å². The first-order valence-corrected chi connectivity index (χ1v) is 6.07. The van der Waals surface area contributed by atoms with E-state index in [1.165, 1.54) is 12.3 Å². The van der Waals surface area contributed by atoms with E-state index in [1.807, 2.05) is 16.7 Å². The number of hydrogen-bond acceptors (Lipinski definition) is 3. The molecule has 98 valence electrons. The van der Waals surface area contributed by atoms with Gasteiger partial charge < -0.3 is 15.1 Å². The van der Waals surface area contributed by atoms with Crippen molar-refractivity contribution in [3.8, 4) is 11.1 Å². The standard InChI is InChI=1S/C14H10FN5/c15-8-3-10-12(6-19-13(10)18-5-8)11-4-9(16)7-20-2-1-17-14(11)20/h1-7H,16H2,(H,18,19). The van der Waals surface area contributed by atoms with Crippen LogP contribution in [0.5, 0.6) is 0 Å². The van der Waals surface area contributed by atoms with Gasteiger partial charge in [0.2, 0.25) is 0 Å². The lowest BCUT2D eigenvalue weighted by molar-refractivity contribution is 0.624. The van der Waals surface area contributed by atoms with Crippen molar-refractivity contribution in [3.05, 3.63) is 48.9 Å². The van der Waals surface area contributed by atoms with Crippen molar-refractivity contribution in [2.45, 2.75) is 0 Å². The minimum atomic E-state index is -0.374. The minimum Gasteiger partial charge on any atom is -0.398 e. The number of nitrogens with zero attached hydrogens (tertiary/aromatic N) is 3. The number of aromatic nitrogens is 4. The van der Waals surface area contributed by atoms with E-state index in [9.17, 15) is 4.39 Å². The summed E-state index contributed by atoms with van der Waals surface area (Å²) in [4.78, 5) is 11.4. The van der Waals surface area contributed by atoms with Gasteiger partial charge >= 0.3 is 0 Å². The summed E-state index contributed by atoms with van der Waals surface area (Å²) < 4.78 is 15.3. The molecule has 3 N–H and O–H groups in total. The van der Waals surface area contributed by atoms with E-state index in [2.05, 4.69) is 15.0 Å². The summed E-state index contributed by atoms with van der Waals surface area (Å²) in [6.07, 6.45) is 8.29. The third-order valence-electron chi connectivity index (χ3n) is 3.30. The third-order valence-corrected chi connectivity index (χ3v) is 3.30. The highest BCUT2D eigenvalue weighted by Gasteiger charge is 2.13. The first-order chi connectivity index (χ1) is 9.72. The van der Waals surface area contributed by atoms with Gasteiger partial charge in [0.25, 0.3) is 0 Å². The number of rotatable bonds is 1. The number of anilines is 1. The topological polar surface area (TPSA) is 72.0 Å². The molecule has 0 aromatic carbocycles. The van der Waals surface area contributed by atoms with Crippen LogP contribution in [0.4, 0.5) is 10.1 Å². The fraction of sp³-hybridized carbons (Fsp3) is 0. The number of fused-ring (bicyclic) bond motifs is 2. The second-order valence-corrected chi connectivity index (χ2v) is 4.60. The van der Waals surface area contributed by atoms with E-state index in [4.69, 9.17) is 5.73 Å². The first-order valence-electron chi connectivity index (χ1n) is 6.07. The molecule has 6 heteroatoms. The zero-order valence-corrected chi connectivity index (χ0v) is 10.3. The Labute approximate surface area is 112 Å². The number of halogens is 1. The maximum atomic E-state index is 13.4. The van der Waals surface area contributed by atoms with Crippen molar-refractivity contribution < 1.29 is 4.39 Å².